The van der Waals surface area contributed by atoms with Crippen molar-refractivity contribution < 1.29 is 14.3 Å². The van der Waals surface area contributed by atoms with E-state index in [4.69, 9.17) is 9.47 Å². The molecule has 154 valence electrons. The summed E-state index contributed by atoms with van der Waals surface area (Å²) in [7, 11) is 0. The van der Waals surface area contributed by atoms with Crippen molar-refractivity contribution >= 4 is 34.1 Å². The summed E-state index contributed by atoms with van der Waals surface area (Å²) < 4.78 is 12.4. The van der Waals surface area contributed by atoms with Crippen molar-refractivity contribution in [1.29, 1.82) is 0 Å². The molecule has 1 amide bonds. The first-order chi connectivity index (χ1) is 14.3. The molecule has 2 fully saturated rings. The Hall–Kier alpha value is -2.00. The van der Waals surface area contributed by atoms with Gasteiger partial charge in [-0.15, -0.1) is 10.2 Å². The van der Waals surface area contributed by atoms with Gasteiger partial charge >= 0.3 is 0 Å². The van der Waals surface area contributed by atoms with Gasteiger partial charge in [-0.1, -0.05) is 29.2 Å². The minimum absolute atomic E-state index is 0.0989. The van der Waals surface area contributed by atoms with Crippen LogP contribution >= 0.6 is 23.1 Å². The van der Waals surface area contributed by atoms with Crippen molar-refractivity contribution in [2.24, 2.45) is 0 Å². The van der Waals surface area contributed by atoms with E-state index in [0.29, 0.717) is 25.0 Å². The fourth-order valence-electron chi connectivity index (χ4n) is 3.73. The Morgan fingerprint density at radius 3 is 2.90 bits per heavy atom. The smallest absolute Gasteiger partial charge is 0.233 e. The fraction of sp³-hybridized carbons (Fsp3) is 0.550. The number of benzene rings is 1. The number of nitrogens with zero attached hydrogens (tertiary/aromatic N) is 3. The van der Waals surface area contributed by atoms with E-state index in [-0.39, 0.29) is 11.9 Å². The Bertz CT molecular complexity index is 886. The van der Waals surface area contributed by atoms with Crippen molar-refractivity contribution in [1.82, 2.24) is 15.1 Å². The molecule has 29 heavy (non-hydrogen) atoms. The van der Waals surface area contributed by atoms with Crippen LogP contribution in [0.4, 0.5) is 5.13 Å². The van der Waals surface area contributed by atoms with Gasteiger partial charge in [-0.2, -0.15) is 0 Å². The number of rotatable bonds is 6. The number of amides is 1. The molecule has 1 aliphatic carbocycles. The molecule has 0 radical (unpaired) electrons. The van der Waals surface area contributed by atoms with Crippen LogP contribution in [0.25, 0.3) is 0 Å². The van der Waals surface area contributed by atoms with E-state index in [9.17, 15) is 4.79 Å². The first kappa shape index (κ1) is 19.0. The van der Waals surface area contributed by atoms with Crippen LogP contribution < -0.4 is 14.8 Å². The second-order valence-corrected chi connectivity index (χ2v) is 9.78. The van der Waals surface area contributed by atoms with E-state index >= 15 is 0 Å². The molecule has 1 saturated heterocycles. The third-order valence-electron chi connectivity index (χ3n) is 5.36. The zero-order valence-corrected chi connectivity index (χ0v) is 17.8. The van der Waals surface area contributed by atoms with Crippen molar-refractivity contribution in [2.75, 3.05) is 30.8 Å². The molecule has 1 N–H and O–H groups in total. The second-order valence-electron chi connectivity index (χ2n) is 7.58. The lowest BCUT2D eigenvalue weighted by atomic mass is 10.0. The van der Waals surface area contributed by atoms with Gasteiger partial charge in [0.15, 0.2) is 15.8 Å². The van der Waals surface area contributed by atoms with Gasteiger partial charge in [0.05, 0.1) is 25.0 Å². The molecule has 7 nitrogen and oxygen atoms in total. The van der Waals surface area contributed by atoms with Gasteiger partial charge in [-0.3, -0.25) is 4.79 Å². The van der Waals surface area contributed by atoms with E-state index in [1.165, 1.54) is 35.9 Å². The van der Waals surface area contributed by atoms with Crippen LogP contribution in [-0.2, 0) is 4.79 Å². The number of carbonyl (C=O) groups is 1. The predicted molar refractivity (Wildman–Crippen MR) is 113 cm³/mol. The number of carbonyl (C=O) groups excluding carboxylic acids is 1. The van der Waals surface area contributed by atoms with Crippen molar-refractivity contribution in [3.8, 4) is 11.5 Å². The summed E-state index contributed by atoms with van der Waals surface area (Å²) >= 11 is 3.00. The summed E-state index contributed by atoms with van der Waals surface area (Å²) in [5.74, 6) is 2.12. The lowest BCUT2D eigenvalue weighted by molar-refractivity contribution is -0.129. The molecule has 5 rings (SSSR count). The van der Waals surface area contributed by atoms with E-state index in [0.717, 1.165) is 52.3 Å². The maximum absolute atomic E-state index is 12.9. The highest BCUT2D eigenvalue weighted by Gasteiger charge is 2.31. The van der Waals surface area contributed by atoms with Gasteiger partial charge in [0.25, 0.3) is 0 Å². The van der Waals surface area contributed by atoms with Crippen LogP contribution in [0.2, 0.25) is 0 Å². The molecule has 0 bridgehead atoms. The average molecular weight is 433 g/mol. The minimum atomic E-state index is 0.0989. The van der Waals surface area contributed by atoms with Crippen LogP contribution in [0.15, 0.2) is 22.5 Å². The predicted octanol–water partition coefficient (Wildman–Crippen LogP) is 3.73. The van der Waals surface area contributed by atoms with Crippen LogP contribution in [0.3, 0.4) is 0 Å². The van der Waals surface area contributed by atoms with E-state index in [1.54, 1.807) is 0 Å². The summed E-state index contributed by atoms with van der Waals surface area (Å²) in [6.45, 7) is 2.14. The zero-order valence-electron chi connectivity index (χ0n) is 16.1. The number of ether oxygens (including phenoxy) is 2. The summed E-state index contributed by atoms with van der Waals surface area (Å²) in [5, 5.41) is 12.6. The minimum Gasteiger partial charge on any atom is -0.490 e. The number of nitrogens with one attached hydrogen (secondary N) is 1. The Balaban J connectivity index is 1.22. The quantitative estimate of drug-likeness (QED) is 0.697. The molecule has 1 aromatic heterocycles. The molecule has 2 aliphatic heterocycles. The van der Waals surface area contributed by atoms with Gasteiger partial charge in [0, 0.05) is 19.0 Å². The lowest BCUT2D eigenvalue weighted by Crippen LogP contribution is -2.32. The highest BCUT2D eigenvalue weighted by atomic mass is 32.2. The molecular weight excluding hydrogens is 408 g/mol. The first-order valence-corrected chi connectivity index (χ1v) is 12.0. The van der Waals surface area contributed by atoms with Crippen molar-refractivity contribution in [2.45, 2.75) is 48.5 Å². The molecule has 1 atom stereocenters. The third-order valence-corrected chi connectivity index (χ3v) is 7.33. The van der Waals surface area contributed by atoms with Crippen LogP contribution in [0, 0.1) is 0 Å². The molecule has 1 saturated carbocycles. The second kappa shape index (κ2) is 8.39. The van der Waals surface area contributed by atoms with Gasteiger partial charge in [0.2, 0.25) is 11.0 Å². The maximum Gasteiger partial charge on any atom is 0.233 e. The topological polar surface area (TPSA) is 76.6 Å². The van der Waals surface area contributed by atoms with Crippen molar-refractivity contribution in [3.63, 3.8) is 0 Å². The highest BCUT2D eigenvalue weighted by molar-refractivity contribution is 8.01. The van der Waals surface area contributed by atoms with Crippen molar-refractivity contribution in [3.05, 3.63) is 23.8 Å². The zero-order chi connectivity index (χ0) is 19.6. The first-order valence-electron chi connectivity index (χ1n) is 10.2. The number of hydrogen-bond acceptors (Lipinski definition) is 8. The van der Waals surface area contributed by atoms with Crippen LogP contribution in [-0.4, -0.2) is 52.6 Å². The molecular formula is C20H24N4O3S2. The van der Waals surface area contributed by atoms with E-state index in [1.807, 2.05) is 17.0 Å². The normalized spacial score (nSPS) is 21.1. The summed E-state index contributed by atoms with van der Waals surface area (Å²) in [6, 6.07) is 6.74. The summed E-state index contributed by atoms with van der Waals surface area (Å²) in [4.78, 5) is 14.9. The number of aromatic nitrogens is 2. The lowest BCUT2D eigenvalue weighted by Gasteiger charge is -2.25. The van der Waals surface area contributed by atoms with Gasteiger partial charge in [0.1, 0.15) is 0 Å². The Labute approximate surface area is 178 Å². The standard InChI is InChI=1S/C20H24N4O3S2/c25-18(12-28-20-23-22-19(29-20)21-14-5-6-14)24-8-1-3-15(24)13-4-7-16-17(11-13)27-10-2-9-26-16/h4,7,11,14-15H,1-3,5-6,8-10,12H2,(H,21,22). The third kappa shape index (κ3) is 4.45. The van der Waals surface area contributed by atoms with E-state index in [2.05, 4.69) is 21.6 Å². The number of likely N-dealkylation sites (tertiary alicyclic amines) is 1. The summed E-state index contributed by atoms with van der Waals surface area (Å²) in [6.07, 6.45) is 5.29. The Morgan fingerprint density at radius 1 is 1.17 bits per heavy atom. The van der Waals surface area contributed by atoms with Gasteiger partial charge < -0.3 is 19.7 Å². The molecule has 3 aliphatic rings. The molecule has 2 aromatic rings. The molecule has 1 aromatic carbocycles. The molecule has 3 heterocycles. The number of thioether (sulfide) groups is 1. The Kier molecular flexibility index (Phi) is 5.50. The van der Waals surface area contributed by atoms with Crippen LogP contribution in [0.1, 0.15) is 43.7 Å². The molecule has 9 heteroatoms. The van der Waals surface area contributed by atoms with Crippen LogP contribution in [0.5, 0.6) is 11.5 Å². The summed E-state index contributed by atoms with van der Waals surface area (Å²) in [5.41, 5.74) is 1.12. The number of anilines is 1. The maximum atomic E-state index is 12.9. The number of hydrogen-bond donors (Lipinski definition) is 1. The highest BCUT2D eigenvalue weighted by Crippen LogP contribution is 2.38. The number of fused-ring (bicyclic) bond motifs is 1. The van der Waals surface area contributed by atoms with E-state index < -0.39 is 0 Å². The monoisotopic (exact) mass is 432 g/mol. The van der Waals surface area contributed by atoms with Gasteiger partial charge in [-0.05, 0) is 43.4 Å². The molecule has 0 spiro atoms. The fourth-order valence-corrected chi connectivity index (χ4v) is 5.45. The van der Waals surface area contributed by atoms with Gasteiger partial charge in [-0.25, -0.2) is 0 Å². The molecule has 1 unspecified atom stereocenters. The Morgan fingerprint density at radius 2 is 2.03 bits per heavy atom. The largest absolute Gasteiger partial charge is 0.490 e. The SMILES string of the molecule is O=C(CSc1nnc(NC2CC2)s1)N1CCCC1c1ccc2c(c1)OCCCO2. The average Bonchev–Trinajstić information content (AvgIpc) is 3.29.